The Bertz CT molecular complexity index is 683. The van der Waals surface area contributed by atoms with Crippen LogP contribution in [-0.2, 0) is 16.0 Å². The van der Waals surface area contributed by atoms with Crippen molar-refractivity contribution in [3.63, 3.8) is 0 Å². The normalized spacial score (nSPS) is 11.2. The van der Waals surface area contributed by atoms with Crippen LogP contribution >= 0.6 is 23.2 Å². The highest BCUT2D eigenvalue weighted by atomic mass is 35.5. The highest BCUT2D eigenvalue weighted by Crippen LogP contribution is 2.22. The molecule has 0 aliphatic heterocycles. The number of rotatable bonds is 6. The molecule has 2 rings (SSSR count). The summed E-state index contributed by atoms with van der Waals surface area (Å²) in [7, 11) is 0. The van der Waals surface area contributed by atoms with Gasteiger partial charge in [0.1, 0.15) is 5.71 Å². The molecule has 2 aromatic rings. The van der Waals surface area contributed by atoms with Crippen LogP contribution in [0.25, 0.3) is 0 Å². The van der Waals surface area contributed by atoms with Crippen LogP contribution in [0.5, 0.6) is 0 Å². The van der Waals surface area contributed by atoms with Gasteiger partial charge < -0.3 is 4.74 Å². The van der Waals surface area contributed by atoms with Crippen molar-refractivity contribution < 1.29 is 9.53 Å². The minimum absolute atomic E-state index is 0.272. The maximum absolute atomic E-state index is 12.1. The molecule has 0 aliphatic rings. The summed E-state index contributed by atoms with van der Waals surface area (Å²) in [6.07, 6.45) is 0.362. The van der Waals surface area contributed by atoms with Crippen LogP contribution in [0.1, 0.15) is 12.5 Å². The van der Waals surface area contributed by atoms with E-state index in [9.17, 15) is 4.79 Å². The number of esters is 1. The number of anilines is 1. The Morgan fingerprint density at radius 2 is 1.78 bits per heavy atom. The average molecular weight is 351 g/mol. The maximum atomic E-state index is 12.1. The number of hydrogen-bond acceptors (Lipinski definition) is 4. The summed E-state index contributed by atoms with van der Waals surface area (Å²) in [5, 5.41) is 5.13. The largest absolute Gasteiger partial charge is 0.461 e. The van der Waals surface area contributed by atoms with Crippen LogP contribution in [0.3, 0.4) is 0 Å². The van der Waals surface area contributed by atoms with Crippen LogP contribution in [0, 0.1) is 0 Å². The summed E-state index contributed by atoms with van der Waals surface area (Å²) in [6.45, 7) is 2.04. The molecule has 4 nitrogen and oxygen atoms in total. The van der Waals surface area contributed by atoms with E-state index < -0.39 is 5.97 Å². The van der Waals surface area contributed by atoms with Crippen molar-refractivity contribution in [2.24, 2.45) is 5.10 Å². The summed E-state index contributed by atoms with van der Waals surface area (Å²) in [5.74, 6) is -0.461. The second kappa shape index (κ2) is 8.56. The van der Waals surface area contributed by atoms with Crippen LogP contribution in [-0.4, -0.2) is 18.3 Å². The number of carbonyl (C=O) groups excluding carboxylic acids is 1. The average Bonchev–Trinajstić information content (AvgIpc) is 2.51. The number of halogens is 2. The molecule has 0 heterocycles. The Kier molecular flexibility index (Phi) is 6.44. The highest BCUT2D eigenvalue weighted by Gasteiger charge is 2.14. The second-order valence-corrected chi connectivity index (χ2v) is 5.58. The summed E-state index contributed by atoms with van der Waals surface area (Å²) in [4.78, 5) is 12.1. The van der Waals surface area contributed by atoms with Crippen molar-refractivity contribution >= 4 is 40.6 Å². The molecule has 23 heavy (non-hydrogen) atoms. The lowest BCUT2D eigenvalue weighted by Gasteiger charge is -2.08. The van der Waals surface area contributed by atoms with Gasteiger partial charge in [-0.3, -0.25) is 5.43 Å². The molecule has 6 heteroatoms. The number of hydrazone groups is 1. The summed E-state index contributed by atoms with van der Waals surface area (Å²) in [5.41, 5.74) is 4.63. The zero-order valence-electron chi connectivity index (χ0n) is 12.6. The Labute approximate surface area is 145 Å². The number of ether oxygens (including phenoxy) is 1. The third-order valence-electron chi connectivity index (χ3n) is 2.91. The SMILES string of the molecule is CCOC(=O)/C(Cc1ccccc1)=N/Nc1cc(Cl)cc(Cl)c1. The van der Waals surface area contributed by atoms with Gasteiger partial charge in [0.2, 0.25) is 0 Å². The van der Waals surface area contributed by atoms with Gasteiger partial charge in [-0.05, 0) is 30.7 Å². The lowest BCUT2D eigenvalue weighted by atomic mass is 10.1. The van der Waals surface area contributed by atoms with Gasteiger partial charge in [0.25, 0.3) is 0 Å². The van der Waals surface area contributed by atoms with Crippen molar-refractivity contribution in [1.82, 2.24) is 0 Å². The highest BCUT2D eigenvalue weighted by molar-refractivity contribution is 6.37. The first-order valence-electron chi connectivity index (χ1n) is 7.08. The van der Waals surface area contributed by atoms with Gasteiger partial charge in [-0.25, -0.2) is 4.79 Å². The zero-order valence-corrected chi connectivity index (χ0v) is 14.1. The van der Waals surface area contributed by atoms with Gasteiger partial charge in [0.15, 0.2) is 0 Å². The standard InChI is InChI=1S/C17H16Cl2N2O2/c1-2-23-17(22)16(8-12-6-4-3-5-7-12)21-20-15-10-13(18)9-14(19)11-15/h3-7,9-11,20H,2,8H2,1H3/b21-16+. The van der Waals surface area contributed by atoms with E-state index in [0.717, 1.165) is 5.56 Å². The minimum Gasteiger partial charge on any atom is -0.461 e. The number of benzene rings is 2. The zero-order chi connectivity index (χ0) is 16.7. The molecule has 1 N–H and O–H groups in total. The number of carbonyl (C=O) groups is 1. The summed E-state index contributed by atoms with van der Waals surface area (Å²) < 4.78 is 5.05. The molecule has 2 aromatic carbocycles. The molecule has 0 fully saturated rings. The van der Waals surface area contributed by atoms with Gasteiger partial charge in [-0.1, -0.05) is 53.5 Å². The second-order valence-electron chi connectivity index (χ2n) is 4.71. The maximum Gasteiger partial charge on any atom is 0.354 e. The van der Waals surface area contributed by atoms with Crippen LogP contribution in [0.2, 0.25) is 10.0 Å². The van der Waals surface area contributed by atoms with Gasteiger partial charge in [0.05, 0.1) is 12.3 Å². The molecule has 0 saturated heterocycles. The molecular formula is C17H16Cl2N2O2. The Hall–Kier alpha value is -2.04. The fourth-order valence-corrected chi connectivity index (χ4v) is 2.44. The number of hydrogen-bond donors (Lipinski definition) is 1. The van der Waals surface area contributed by atoms with Gasteiger partial charge in [-0.15, -0.1) is 0 Å². The predicted octanol–water partition coefficient (Wildman–Crippen LogP) is 4.57. The third kappa shape index (κ3) is 5.58. The topological polar surface area (TPSA) is 50.7 Å². The lowest BCUT2D eigenvalue weighted by Crippen LogP contribution is -2.21. The van der Waals surface area contributed by atoms with Gasteiger partial charge in [-0.2, -0.15) is 5.10 Å². The Morgan fingerprint density at radius 3 is 2.39 bits per heavy atom. The Balaban J connectivity index is 2.20. The lowest BCUT2D eigenvalue weighted by molar-refractivity contribution is -0.135. The molecule has 0 bridgehead atoms. The minimum atomic E-state index is -0.461. The van der Waals surface area contributed by atoms with Crippen molar-refractivity contribution in [3.05, 3.63) is 64.1 Å². The van der Waals surface area contributed by atoms with Crippen LogP contribution in [0.15, 0.2) is 53.6 Å². The van der Waals surface area contributed by atoms with Crippen molar-refractivity contribution in [2.45, 2.75) is 13.3 Å². The monoisotopic (exact) mass is 350 g/mol. The van der Waals surface area contributed by atoms with Crippen LogP contribution < -0.4 is 5.43 Å². The van der Waals surface area contributed by atoms with Crippen molar-refractivity contribution in [1.29, 1.82) is 0 Å². The smallest absolute Gasteiger partial charge is 0.354 e. The molecule has 120 valence electrons. The van der Waals surface area contributed by atoms with Gasteiger partial charge in [0, 0.05) is 16.5 Å². The number of nitrogens with zero attached hydrogens (tertiary/aromatic N) is 1. The molecule has 0 aliphatic carbocycles. The fraction of sp³-hybridized carbons (Fsp3) is 0.176. The predicted molar refractivity (Wildman–Crippen MR) is 94.3 cm³/mol. The fourth-order valence-electron chi connectivity index (χ4n) is 1.91. The van der Waals surface area contributed by atoms with E-state index in [4.69, 9.17) is 27.9 Å². The van der Waals surface area contributed by atoms with E-state index in [-0.39, 0.29) is 12.3 Å². The molecule has 0 amide bonds. The van der Waals surface area contributed by atoms with Crippen molar-refractivity contribution in [3.8, 4) is 0 Å². The summed E-state index contributed by atoms with van der Waals surface area (Å²) in [6, 6.07) is 14.5. The van der Waals surface area contributed by atoms with E-state index in [0.29, 0.717) is 22.2 Å². The molecular weight excluding hydrogens is 335 g/mol. The molecule has 0 radical (unpaired) electrons. The van der Waals surface area contributed by atoms with Gasteiger partial charge >= 0.3 is 5.97 Å². The number of nitrogens with one attached hydrogen (secondary N) is 1. The van der Waals surface area contributed by atoms with Crippen molar-refractivity contribution in [2.75, 3.05) is 12.0 Å². The molecule has 0 unspecified atom stereocenters. The quantitative estimate of drug-likeness (QED) is 0.471. The molecule has 0 atom stereocenters. The molecule has 0 spiro atoms. The first-order chi connectivity index (χ1) is 11.1. The summed E-state index contributed by atoms with van der Waals surface area (Å²) >= 11 is 11.9. The van der Waals surface area contributed by atoms with Crippen LogP contribution in [0.4, 0.5) is 5.69 Å². The molecule has 0 saturated carbocycles. The Morgan fingerprint density at radius 1 is 1.13 bits per heavy atom. The van der Waals surface area contributed by atoms with E-state index in [1.807, 2.05) is 30.3 Å². The molecule has 0 aromatic heterocycles. The third-order valence-corrected chi connectivity index (χ3v) is 3.34. The first kappa shape index (κ1) is 17.3. The first-order valence-corrected chi connectivity index (χ1v) is 7.83. The van der Waals surface area contributed by atoms with E-state index in [2.05, 4.69) is 10.5 Å². The van der Waals surface area contributed by atoms with E-state index >= 15 is 0 Å². The van der Waals surface area contributed by atoms with E-state index in [1.165, 1.54) is 0 Å². The van der Waals surface area contributed by atoms with E-state index in [1.54, 1.807) is 25.1 Å².